The van der Waals surface area contributed by atoms with Crippen molar-refractivity contribution in [2.75, 3.05) is 0 Å². The summed E-state index contributed by atoms with van der Waals surface area (Å²) in [7, 11) is 0. The SMILES string of the molecule is C=C1N=C(C2=C(C)C(C)CC=C3C=CC=CN32)C=C[N-]1. The van der Waals surface area contributed by atoms with Crippen LogP contribution in [0, 0.1) is 5.92 Å². The number of allylic oxidation sites excluding steroid dienone is 6. The maximum Gasteiger partial charge on any atom is 0.0479 e. The topological polar surface area (TPSA) is 29.7 Å². The van der Waals surface area contributed by atoms with Gasteiger partial charge in [0.05, 0.1) is 0 Å². The highest BCUT2D eigenvalue weighted by molar-refractivity contribution is 6.10. The summed E-state index contributed by atoms with van der Waals surface area (Å²) in [6, 6.07) is 0. The van der Waals surface area contributed by atoms with Crippen LogP contribution in [0.4, 0.5) is 0 Å². The van der Waals surface area contributed by atoms with Gasteiger partial charge in [-0.2, -0.15) is 0 Å². The van der Waals surface area contributed by atoms with Crippen molar-refractivity contribution in [3.63, 3.8) is 0 Å². The van der Waals surface area contributed by atoms with Crippen LogP contribution in [0.15, 0.2) is 77.1 Å². The number of hydrogen-bond acceptors (Lipinski definition) is 2. The lowest BCUT2D eigenvalue weighted by Gasteiger charge is -2.32. The number of rotatable bonds is 1. The van der Waals surface area contributed by atoms with Gasteiger partial charge in [0.15, 0.2) is 0 Å². The van der Waals surface area contributed by atoms with E-state index in [-0.39, 0.29) is 0 Å². The van der Waals surface area contributed by atoms with Crippen molar-refractivity contribution >= 4 is 5.71 Å². The first-order chi connectivity index (χ1) is 9.66. The van der Waals surface area contributed by atoms with E-state index in [1.54, 1.807) is 6.20 Å². The Morgan fingerprint density at radius 1 is 1.35 bits per heavy atom. The van der Waals surface area contributed by atoms with Gasteiger partial charge >= 0.3 is 0 Å². The summed E-state index contributed by atoms with van der Waals surface area (Å²) in [5.74, 6) is 1.05. The molecule has 0 spiro atoms. The van der Waals surface area contributed by atoms with E-state index in [0.29, 0.717) is 11.7 Å². The van der Waals surface area contributed by atoms with Crippen molar-refractivity contribution in [2.45, 2.75) is 20.3 Å². The highest BCUT2D eigenvalue weighted by Crippen LogP contribution is 2.33. The lowest BCUT2D eigenvalue weighted by atomic mass is 9.96. The lowest BCUT2D eigenvalue weighted by molar-refractivity contribution is 0.606. The molecule has 1 atom stereocenters. The Morgan fingerprint density at radius 2 is 2.20 bits per heavy atom. The quantitative estimate of drug-likeness (QED) is 0.691. The van der Waals surface area contributed by atoms with Gasteiger partial charge < -0.3 is 15.2 Å². The monoisotopic (exact) mass is 264 g/mol. The molecule has 0 N–H and O–H groups in total. The fourth-order valence-corrected chi connectivity index (χ4v) is 2.58. The van der Waals surface area contributed by atoms with Gasteiger partial charge in [0, 0.05) is 17.6 Å². The van der Waals surface area contributed by atoms with Crippen LogP contribution in [0.1, 0.15) is 20.3 Å². The minimum Gasteiger partial charge on any atom is -0.443 e. The fraction of sp³-hybridized carbons (Fsp3) is 0.235. The zero-order valence-electron chi connectivity index (χ0n) is 11.9. The van der Waals surface area contributed by atoms with Gasteiger partial charge in [-0.1, -0.05) is 37.2 Å². The van der Waals surface area contributed by atoms with Crippen LogP contribution < -0.4 is 0 Å². The Kier molecular flexibility index (Phi) is 3.18. The molecular weight excluding hydrogens is 246 g/mol. The third kappa shape index (κ3) is 2.16. The Balaban J connectivity index is 2.13. The minimum absolute atomic E-state index is 0.494. The predicted molar refractivity (Wildman–Crippen MR) is 83.8 cm³/mol. The maximum absolute atomic E-state index is 4.51. The molecule has 0 aromatic rings. The van der Waals surface area contributed by atoms with Gasteiger partial charge in [0.25, 0.3) is 0 Å². The average molecular weight is 264 g/mol. The first-order valence-corrected chi connectivity index (χ1v) is 6.87. The van der Waals surface area contributed by atoms with E-state index in [0.717, 1.165) is 17.8 Å². The molecule has 0 saturated carbocycles. The second-order valence-corrected chi connectivity index (χ2v) is 5.23. The molecule has 1 unspecified atom stereocenters. The van der Waals surface area contributed by atoms with Gasteiger partial charge in [0.2, 0.25) is 0 Å². The summed E-state index contributed by atoms with van der Waals surface area (Å²) < 4.78 is 0. The van der Waals surface area contributed by atoms with Crippen molar-refractivity contribution in [3.8, 4) is 0 Å². The van der Waals surface area contributed by atoms with Crippen molar-refractivity contribution in [2.24, 2.45) is 10.9 Å². The van der Waals surface area contributed by atoms with Gasteiger partial charge in [0.1, 0.15) is 0 Å². The standard InChI is InChI=1S/C17H18N3/c1-12-7-8-15-6-4-5-11-20(15)17(13(12)2)16-9-10-18-14(3)19-16/h4-6,8-12H,3,7H2,1-2H3/q-1. The summed E-state index contributed by atoms with van der Waals surface area (Å²) in [6.45, 7) is 8.28. The first kappa shape index (κ1) is 12.7. The summed E-state index contributed by atoms with van der Waals surface area (Å²) in [4.78, 5) is 6.72. The first-order valence-electron chi connectivity index (χ1n) is 6.87. The molecule has 3 rings (SSSR count). The van der Waals surface area contributed by atoms with E-state index in [2.05, 4.69) is 60.1 Å². The van der Waals surface area contributed by atoms with Crippen molar-refractivity contribution < 1.29 is 0 Å². The highest BCUT2D eigenvalue weighted by atomic mass is 15.2. The minimum atomic E-state index is 0.494. The molecule has 3 heterocycles. The molecule has 20 heavy (non-hydrogen) atoms. The van der Waals surface area contributed by atoms with Crippen molar-refractivity contribution in [1.29, 1.82) is 0 Å². The molecular formula is C17H18N3-. The lowest BCUT2D eigenvalue weighted by Crippen LogP contribution is -2.24. The summed E-state index contributed by atoms with van der Waals surface area (Å²) in [5.41, 5.74) is 4.63. The molecule has 0 radical (unpaired) electrons. The Morgan fingerprint density at radius 3 is 3.00 bits per heavy atom. The van der Waals surface area contributed by atoms with Crippen LogP contribution in [0.5, 0.6) is 0 Å². The van der Waals surface area contributed by atoms with Gasteiger partial charge in [-0.25, -0.2) is 0 Å². The average Bonchev–Trinajstić information content (AvgIpc) is 2.57. The van der Waals surface area contributed by atoms with Crippen molar-refractivity contribution in [3.05, 3.63) is 77.5 Å². The number of fused-ring (bicyclic) bond motifs is 1. The highest BCUT2D eigenvalue weighted by Gasteiger charge is 2.22. The molecule has 0 amide bonds. The molecule has 3 nitrogen and oxygen atoms in total. The van der Waals surface area contributed by atoms with Crippen LogP contribution in [0.25, 0.3) is 5.32 Å². The summed E-state index contributed by atoms with van der Waals surface area (Å²) in [6.07, 6.45) is 15.4. The number of aliphatic imine (C=N–C) groups is 1. The Labute approximate surface area is 120 Å². The van der Waals surface area contributed by atoms with Crippen LogP contribution in [0.2, 0.25) is 0 Å². The normalized spacial score (nSPS) is 25.0. The number of hydrogen-bond donors (Lipinski definition) is 0. The Hall–Kier alpha value is -2.29. The second kappa shape index (κ2) is 5.00. The van der Waals surface area contributed by atoms with E-state index in [9.17, 15) is 0 Å². The van der Waals surface area contributed by atoms with Gasteiger partial charge in [-0.3, -0.25) is 0 Å². The van der Waals surface area contributed by atoms with Crippen LogP contribution in [-0.4, -0.2) is 10.6 Å². The molecule has 0 fully saturated rings. The zero-order valence-corrected chi connectivity index (χ0v) is 11.9. The third-order valence-corrected chi connectivity index (χ3v) is 3.87. The molecule has 0 saturated heterocycles. The summed E-state index contributed by atoms with van der Waals surface area (Å²) in [5, 5.41) is 4.10. The van der Waals surface area contributed by atoms with E-state index >= 15 is 0 Å². The van der Waals surface area contributed by atoms with Crippen LogP contribution in [0.3, 0.4) is 0 Å². The van der Waals surface area contributed by atoms with E-state index in [4.69, 9.17) is 0 Å². The van der Waals surface area contributed by atoms with E-state index in [1.807, 2.05) is 12.2 Å². The Bertz CT molecular complexity index is 627. The predicted octanol–water partition coefficient (Wildman–Crippen LogP) is 4.38. The third-order valence-electron chi connectivity index (χ3n) is 3.87. The van der Waals surface area contributed by atoms with E-state index < -0.39 is 0 Å². The van der Waals surface area contributed by atoms with Crippen molar-refractivity contribution in [1.82, 2.24) is 4.90 Å². The smallest absolute Gasteiger partial charge is 0.0479 e. The molecule has 102 valence electrons. The van der Waals surface area contributed by atoms with E-state index in [1.165, 1.54) is 11.3 Å². The zero-order chi connectivity index (χ0) is 14.1. The van der Waals surface area contributed by atoms with Gasteiger partial charge in [-0.05, 0) is 42.7 Å². The number of nitrogens with zero attached hydrogens (tertiary/aromatic N) is 3. The largest absolute Gasteiger partial charge is 0.443 e. The summed E-state index contributed by atoms with van der Waals surface area (Å²) >= 11 is 0. The molecule has 0 aromatic carbocycles. The molecule has 3 heteroatoms. The second-order valence-electron chi connectivity index (χ2n) is 5.23. The fourth-order valence-electron chi connectivity index (χ4n) is 2.58. The van der Waals surface area contributed by atoms with Crippen LogP contribution in [-0.2, 0) is 0 Å². The molecule has 3 aliphatic rings. The molecule has 0 bridgehead atoms. The molecule has 0 aromatic heterocycles. The molecule has 3 aliphatic heterocycles. The van der Waals surface area contributed by atoms with Crippen LogP contribution >= 0.6 is 0 Å². The van der Waals surface area contributed by atoms with Gasteiger partial charge in [-0.15, -0.1) is 6.58 Å². The maximum atomic E-state index is 4.51. The molecule has 0 aliphatic carbocycles.